The third kappa shape index (κ3) is 11.2. The average molecular weight is 880 g/mol. The van der Waals surface area contributed by atoms with Gasteiger partial charge in [0.2, 0.25) is 0 Å². The first-order chi connectivity index (χ1) is 29.9. The minimum Gasteiger partial charge on any atom is -0.508 e. The standard InChI is InChI=1S/C49H57N3O8S2/c50-48(51)39-22-32-4-3-6-42-37(14-18-52-42)45(58)24-40-38(32)23-33(39)28-61-62-29-34-25-49(26-46(34)59,16-2-1-5-36(55)27-53)17-13-35(54)10-7-30-9-12-44(57)47(21-30)60-19-15-31-8-11-43(56)41(40)20-31/h8-9,11-14,17-18,20-23,34,36,40,46,48,52-53,55-57,59H,1-2,5-7,10,15-16,19,24-29,50-51H2/b17-13+/t34-,36+,40-,46+,49+/m1/s1. The van der Waals surface area contributed by atoms with Crippen molar-refractivity contribution in [1.82, 2.24) is 4.98 Å². The Morgan fingerprint density at radius 1 is 0.935 bits per heavy atom. The summed E-state index contributed by atoms with van der Waals surface area (Å²) in [5.41, 5.74) is 19.1. The van der Waals surface area contributed by atoms with Gasteiger partial charge in [0, 0.05) is 65.3 Å². The van der Waals surface area contributed by atoms with E-state index in [1.165, 1.54) is 0 Å². The molecular formula is C49H57N3O8S2. The molecule has 1 aromatic heterocycles. The molecule has 328 valence electrons. The number of benzene rings is 3. The van der Waals surface area contributed by atoms with Gasteiger partial charge in [0.15, 0.2) is 23.1 Å². The lowest BCUT2D eigenvalue weighted by molar-refractivity contribution is -0.114. The van der Waals surface area contributed by atoms with E-state index in [0.717, 1.165) is 46.4 Å². The van der Waals surface area contributed by atoms with Gasteiger partial charge in [-0.3, -0.25) is 9.59 Å². The van der Waals surface area contributed by atoms with Crippen LogP contribution in [0.4, 0.5) is 0 Å². The minimum absolute atomic E-state index is 0.0166. The van der Waals surface area contributed by atoms with E-state index in [1.807, 2.05) is 30.3 Å². The number of carbonyl (C=O) groups is 2. The van der Waals surface area contributed by atoms with Crippen LogP contribution in [-0.4, -0.2) is 73.3 Å². The maximum Gasteiger partial charge on any atom is 0.165 e. The van der Waals surface area contributed by atoms with E-state index in [0.29, 0.717) is 78.9 Å². The summed E-state index contributed by atoms with van der Waals surface area (Å²) >= 11 is 0. The number of fused-ring (bicyclic) bond motifs is 9. The van der Waals surface area contributed by atoms with Crippen molar-refractivity contribution < 1.29 is 39.9 Å². The number of aromatic hydroxyl groups is 2. The maximum absolute atomic E-state index is 14.1. The molecule has 4 aromatic rings. The summed E-state index contributed by atoms with van der Waals surface area (Å²) in [6.07, 6.45) is 8.76. The summed E-state index contributed by atoms with van der Waals surface area (Å²) in [5.74, 6) is 7.42. The highest BCUT2D eigenvalue weighted by atomic mass is 33.1. The van der Waals surface area contributed by atoms with Crippen LogP contribution < -0.4 is 16.2 Å². The van der Waals surface area contributed by atoms with E-state index in [-0.39, 0.29) is 55.0 Å². The molecule has 13 heteroatoms. The first kappa shape index (κ1) is 45.5. The van der Waals surface area contributed by atoms with Crippen LogP contribution in [0.5, 0.6) is 17.2 Å². The van der Waals surface area contributed by atoms with E-state index in [2.05, 4.69) is 16.8 Å². The number of carbonyl (C=O) groups excluding carboxylic acids is 2. The van der Waals surface area contributed by atoms with Gasteiger partial charge >= 0.3 is 0 Å². The number of aromatic nitrogens is 1. The molecule has 3 aromatic carbocycles. The Morgan fingerprint density at radius 2 is 1.74 bits per heavy atom. The van der Waals surface area contributed by atoms with Gasteiger partial charge in [-0.25, -0.2) is 0 Å². The Labute approximate surface area is 371 Å². The number of ether oxygens (including phenoxy) is 1. The van der Waals surface area contributed by atoms with E-state index in [1.54, 1.807) is 64.2 Å². The maximum atomic E-state index is 14.1. The highest BCUT2D eigenvalue weighted by Crippen LogP contribution is 2.49. The lowest BCUT2D eigenvalue weighted by Crippen LogP contribution is -2.22. The van der Waals surface area contributed by atoms with Crippen LogP contribution >= 0.6 is 21.6 Å². The molecule has 10 N–H and O–H groups in total. The van der Waals surface area contributed by atoms with Crippen LogP contribution in [-0.2, 0) is 29.8 Å². The van der Waals surface area contributed by atoms with Gasteiger partial charge in [-0.05, 0) is 108 Å². The number of H-pyrrole nitrogens is 1. The van der Waals surface area contributed by atoms with Gasteiger partial charge in [0.25, 0.3) is 0 Å². The summed E-state index contributed by atoms with van der Waals surface area (Å²) < 4.78 is 6.11. The zero-order chi connectivity index (χ0) is 43.8. The fraction of sp³-hybridized carbons (Fsp3) is 0.429. The number of phenolic OH excluding ortho intramolecular Hbond substituents is 2. The number of Topliss-reactive ketones (excluding diaryl/α,β-unsaturated/α-hetero) is 1. The molecule has 1 fully saturated rings. The van der Waals surface area contributed by atoms with Gasteiger partial charge in [0.05, 0.1) is 38.0 Å². The molecule has 0 unspecified atom stereocenters. The van der Waals surface area contributed by atoms with Crippen LogP contribution in [0.1, 0.15) is 118 Å². The second-order valence-corrected chi connectivity index (χ2v) is 19.5. The number of aliphatic hydroxyl groups excluding tert-OH is 3. The molecule has 11 nitrogen and oxygen atoms in total. The lowest BCUT2D eigenvalue weighted by Gasteiger charge is -2.26. The Balaban J connectivity index is 1.24. The second-order valence-electron chi connectivity index (χ2n) is 17.0. The van der Waals surface area contributed by atoms with E-state index in [9.17, 15) is 35.1 Å². The SMILES string of the molecule is NC(N)c1cc2c3cc1CSSC[C@H]1C[C@](CCCC[C@H](O)CO)(/C=C/C(=O)CCc4ccc(O)c(c4)OCCc4ccc(O)c(c4)[C@@H]3CC(=O)c3cc[nH]c3CC#C2)C[C@@H]1O. The number of rotatable bonds is 7. The Bertz CT molecular complexity index is 2330. The largest absolute Gasteiger partial charge is 0.508 e. The lowest BCUT2D eigenvalue weighted by atomic mass is 9.79. The Kier molecular flexibility index (Phi) is 15.2. The summed E-state index contributed by atoms with van der Waals surface area (Å²) in [6.45, 7) is -0.0689. The highest BCUT2D eigenvalue weighted by Gasteiger charge is 2.42. The van der Waals surface area contributed by atoms with Crippen LogP contribution in [0.25, 0.3) is 0 Å². The van der Waals surface area contributed by atoms with E-state index < -0.39 is 29.7 Å². The normalized spacial score (nSPS) is 23.2. The third-order valence-corrected chi connectivity index (χ3v) is 15.0. The number of aryl methyl sites for hydroxylation is 1. The number of ketones is 2. The van der Waals surface area contributed by atoms with Gasteiger partial charge < -0.3 is 46.7 Å². The first-order valence-electron chi connectivity index (χ1n) is 21.5. The molecule has 1 aliphatic heterocycles. The molecule has 0 radical (unpaired) electrons. The average Bonchev–Trinajstić information content (AvgIpc) is 3.86. The van der Waals surface area contributed by atoms with Gasteiger partial charge in [-0.15, -0.1) is 0 Å². The number of unbranched alkanes of at least 4 members (excludes halogenated alkanes) is 1. The molecule has 2 aliphatic carbocycles. The molecule has 62 heavy (non-hydrogen) atoms. The van der Waals surface area contributed by atoms with Crippen LogP contribution in [0.3, 0.4) is 0 Å². The van der Waals surface area contributed by atoms with Gasteiger partial charge in [0.1, 0.15) is 5.75 Å². The van der Waals surface area contributed by atoms with E-state index >= 15 is 0 Å². The molecular weight excluding hydrogens is 823 g/mol. The smallest absolute Gasteiger partial charge is 0.165 e. The van der Waals surface area contributed by atoms with Crippen molar-refractivity contribution in [3.8, 4) is 29.1 Å². The predicted octanol–water partition coefficient (Wildman–Crippen LogP) is 6.90. The Hall–Kier alpha value is -4.52. The number of allylic oxidation sites excluding steroid dienone is 2. The fourth-order valence-corrected chi connectivity index (χ4v) is 11.6. The summed E-state index contributed by atoms with van der Waals surface area (Å²) in [5, 5.41) is 52.9. The summed E-state index contributed by atoms with van der Waals surface area (Å²) in [7, 11) is 3.30. The molecule has 2 heterocycles. The van der Waals surface area contributed by atoms with Crippen LogP contribution in [0, 0.1) is 23.2 Å². The summed E-state index contributed by atoms with van der Waals surface area (Å²) in [6, 6.07) is 16.2. The quantitative estimate of drug-likeness (QED) is 0.0413. The molecule has 0 spiro atoms. The van der Waals surface area contributed by atoms with Crippen molar-refractivity contribution in [2.45, 2.75) is 101 Å². The molecule has 3 aliphatic rings. The molecule has 0 amide bonds. The van der Waals surface area contributed by atoms with Gasteiger partial charge in [-0.2, -0.15) is 0 Å². The number of hydrogen-bond acceptors (Lipinski definition) is 12. The third-order valence-electron chi connectivity index (χ3n) is 12.6. The first-order valence-corrected chi connectivity index (χ1v) is 24.0. The van der Waals surface area contributed by atoms with Crippen LogP contribution in [0.15, 0.2) is 72.9 Å². The summed E-state index contributed by atoms with van der Waals surface area (Å²) in [4.78, 5) is 30.6. The van der Waals surface area contributed by atoms with Crippen molar-refractivity contribution in [2.24, 2.45) is 22.8 Å². The second kappa shape index (κ2) is 20.8. The molecule has 7 rings (SSSR count). The van der Waals surface area contributed by atoms with Crippen molar-refractivity contribution in [1.29, 1.82) is 0 Å². The number of aliphatic hydroxyl groups is 3. The van der Waals surface area contributed by atoms with Crippen LogP contribution in [0.2, 0.25) is 0 Å². The topological polar surface area (TPSA) is 212 Å². The fourth-order valence-electron chi connectivity index (χ4n) is 9.11. The zero-order valence-corrected chi connectivity index (χ0v) is 36.5. The van der Waals surface area contributed by atoms with Crippen molar-refractivity contribution in [3.63, 3.8) is 0 Å². The Morgan fingerprint density at radius 3 is 2.55 bits per heavy atom. The van der Waals surface area contributed by atoms with Gasteiger partial charge in [-0.1, -0.05) is 76.6 Å². The number of nitrogens with two attached hydrogens (primary N) is 2. The zero-order valence-electron chi connectivity index (χ0n) is 34.9. The van der Waals surface area contributed by atoms with E-state index in [4.69, 9.17) is 16.2 Å². The van der Waals surface area contributed by atoms with Crippen molar-refractivity contribution in [3.05, 3.63) is 123 Å². The number of aromatic amines is 1. The van der Waals surface area contributed by atoms with Crippen molar-refractivity contribution in [2.75, 3.05) is 19.0 Å². The van der Waals surface area contributed by atoms with Crippen molar-refractivity contribution >= 4 is 33.2 Å². The molecule has 8 bridgehead atoms. The molecule has 1 saturated carbocycles. The molecule has 5 atom stereocenters. The number of nitrogens with one attached hydrogen (secondary N) is 1. The minimum atomic E-state index is -0.800. The predicted molar refractivity (Wildman–Crippen MR) is 244 cm³/mol. The highest BCUT2D eigenvalue weighted by molar-refractivity contribution is 8.76. The number of hydrogen-bond donors (Lipinski definition) is 8. The number of phenols is 2. The monoisotopic (exact) mass is 879 g/mol. The molecule has 0 saturated heterocycles.